The van der Waals surface area contributed by atoms with Crippen LogP contribution >= 0.6 is 0 Å². The van der Waals surface area contributed by atoms with Gasteiger partial charge in [0.05, 0.1) is 11.7 Å². The molecule has 4 rings (SSSR count). The second-order valence-electron chi connectivity index (χ2n) is 7.58. The smallest absolute Gasteiger partial charge is 0.180 e. The molecule has 0 amide bonds. The Morgan fingerprint density at radius 3 is 2.79 bits per heavy atom. The molecule has 3 aromatic heterocycles. The van der Waals surface area contributed by atoms with E-state index in [4.69, 9.17) is 9.97 Å². The first kappa shape index (κ1) is 18.5. The van der Waals surface area contributed by atoms with Crippen molar-refractivity contribution < 1.29 is 0 Å². The van der Waals surface area contributed by atoms with Crippen LogP contribution in [0.15, 0.2) is 48.9 Å². The van der Waals surface area contributed by atoms with Crippen molar-refractivity contribution in [3.63, 3.8) is 0 Å². The van der Waals surface area contributed by atoms with E-state index < -0.39 is 0 Å². The molecule has 0 bridgehead atoms. The second kappa shape index (κ2) is 8.44. The molecule has 0 spiro atoms. The van der Waals surface area contributed by atoms with E-state index >= 15 is 0 Å². The number of hydrogen-bond acceptors (Lipinski definition) is 6. The molecule has 6 nitrogen and oxygen atoms in total. The summed E-state index contributed by atoms with van der Waals surface area (Å²) in [6, 6.07) is 10.1. The lowest BCUT2D eigenvalue weighted by Gasteiger charge is -2.26. The lowest BCUT2D eigenvalue weighted by atomic mass is 9.97. The minimum atomic E-state index is 0.152. The Balaban J connectivity index is 1.74. The fourth-order valence-electron chi connectivity index (χ4n) is 3.59. The van der Waals surface area contributed by atoms with Crippen LogP contribution in [0.1, 0.15) is 43.1 Å². The van der Waals surface area contributed by atoms with Gasteiger partial charge in [-0.05, 0) is 49.1 Å². The molecule has 3 aromatic rings. The zero-order chi connectivity index (χ0) is 19.3. The highest BCUT2D eigenvalue weighted by atomic mass is 15.1. The molecule has 0 aliphatic carbocycles. The van der Waals surface area contributed by atoms with E-state index in [0.29, 0.717) is 11.7 Å². The van der Waals surface area contributed by atoms with Crippen LogP contribution in [0.25, 0.3) is 11.5 Å². The van der Waals surface area contributed by atoms with E-state index in [9.17, 15) is 0 Å². The number of anilines is 1. The first-order valence-corrected chi connectivity index (χ1v) is 9.89. The largest absolute Gasteiger partial charge is 0.363 e. The van der Waals surface area contributed by atoms with E-state index in [1.165, 1.54) is 11.1 Å². The Hall–Kier alpha value is -2.86. The number of nitrogens with zero attached hydrogens (tertiary/aromatic N) is 4. The highest BCUT2D eigenvalue weighted by molar-refractivity contribution is 5.58. The minimum absolute atomic E-state index is 0.152. The van der Waals surface area contributed by atoms with Crippen molar-refractivity contribution >= 4 is 5.82 Å². The molecule has 0 radical (unpaired) electrons. The van der Waals surface area contributed by atoms with Crippen molar-refractivity contribution in [1.29, 1.82) is 0 Å². The Morgan fingerprint density at radius 1 is 1.11 bits per heavy atom. The first-order valence-electron chi connectivity index (χ1n) is 9.89. The topological polar surface area (TPSA) is 75.6 Å². The summed E-state index contributed by atoms with van der Waals surface area (Å²) in [6.07, 6.45) is 7.45. The second-order valence-corrected chi connectivity index (χ2v) is 7.58. The number of aromatic nitrogens is 4. The van der Waals surface area contributed by atoms with Gasteiger partial charge < -0.3 is 10.6 Å². The van der Waals surface area contributed by atoms with Crippen LogP contribution in [0.5, 0.6) is 0 Å². The molecule has 28 heavy (non-hydrogen) atoms. The predicted molar refractivity (Wildman–Crippen MR) is 111 cm³/mol. The first-order chi connectivity index (χ1) is 13.7. The van der Waals surface area contributed by atoms with Gasteiger partial charge in [-0.2, -0.15) is 0 Å². The molecule has 0 aromatic carbocycles. The third-order valence-electron chi connectivity index (χ3n) is 4.94. The van der Waals surface area contributed by atoms with Crippen molar-refractivity contribution in [2.45, 2.75) is 39.3 Å². The number of hydrogen-bond donors (Lipinski definition) is 2. The maximum absolute atomic E-state index is 4.90. The summed E-state index contributed by atoms with van der Waals surface area (Å²) in [4.78, 5) is 18.4. The average Bonchev–Trinajstić information content (AvgIpc) is 2.74. The minimum Gasteiger partial charge on any atom is -0.363 e. The fourth-order valence-corrected chi connectivity index (χ4v) is 3.59. The third-order valence-corrected chi connectivity index (χ3v) is 4.94. The van der Waals surface area contributed by atoms with Gasteiger partial charge in [0.15, 0.2) is 5.82 Å². The molecule has 0 unspecified atom stereocenters. The van der Waals surface area contributed by atoms with Crippen molar-refractivity contribution in [3.8, 4) is 11.5 Å². The third kappa shape index (κ3) is 4.17. The Labute approximate surface area is 165 Å². The van der Waals surface area contributed by atoms with Crippen LogP contribution in [0.4, 0.5) is 5.82 Å². The molecule has 1 aliphatic rings. The van der Waals surface area contributed by atoms with Gasteiger partial charge in [0.2, 0.25) is 0 Å². The normalized spacial score (nSPS) is 14.5. The Morgan fingerprint density at radius 2 is 2.04 bits per heavy atom. The van der Waals surface area contributed by atoms with Gasteiger partial charge in [-0.25, -0.2) is 9.97 Å². The summed E-state index contributed by atoms with van der Waals surface area (Å²) in [5.41, 5.74) is 4.23. The maximum Gasteiger partial charge on any atom is 0.180 e. The van der Waals surface area contributed by atoms with Crippen molar-refractivity contribution in [2.75, 3.05) is 11.9 Å². The van der Waals surface area contributed by atoms with E-state index in [-0.39, 0.29) is 6.04 Å². The number of pyridine rings is 2. The van der Waals surface area contributed by atoms with Gasteiger partial charge in [0.25, 0.3) is 0 Å². The molecule has 144 valence electrons. The van der Waals surface area contributed by atoms with Crippen molar-refractivity contribution in [1.82, 2.24) is 25.3 Å². The summed E-state index contributed by atoms with van der Waals surface area (Å²) in [6.45, 7) is 6.18. The number of nitrogens with one attached hydrogen (secondary N) is 2. The molecule has 1 aliphatic heterocycles. The van der Waals surface area contributed by atoms with Gasteiger partial charge in [-0.3, -0.25) is 9.97 Å². The summed E-state index contributed by atoms with van der Waals surface area (Å²) >= 11 is 0. The molecular formula is C22H26N6. The lowest BCUT2D eigenvalue weighted by Crippen LogP contribution is -2.27. The van der Waals surface area contributed by atoms with Crippen LogP contribution in [0, 0.1) is 5.92 Å². The summed E-state index contributed by atoms with van der Waals surface area (Å²) in [7, 11) is 0. The lowest BCUT2D eigenvalue weighted by molar-refractivity contribution is 0.527. The van der Waals surface area contributed by atoms with E-state index in [0.717, 1.165) is 43.1 Å². The van der Waals surface area contributed by atoms with E-state index in [1.54, 1.807) is 6.20 Å². The Kier molecular flexibility index (Phi) is 5.58. The van der Waals surface area contributed by atoms with Gasteiger partial charge in [0.1, 0.15) is 11.5 Å². The average molecular weight is 374 g/mol. The highest BCUT2D eigenvalue weighted by Gasteiger charge is 2.22. The molecular weight excluding hydrogens is 348 g/mol. The SMILES string of the molecule is CC(C)C[C@H](Nc1nc(-c2ccccn2)nc2c1CCNC2)c1cccnc1. The zero-order valence-electron chi connectivity index (χ0n) is 16.4. The molecule has 0 fully saturated rings. The van der Waals surface area contributed by atoms with Gasteiger partial charge in [-0.15, -0.1) is 0 Å². The standard InChI is InChI=1S/C22H26N6/c1-15(2)12-19(16-6-5-9-23-13-16)26-21-17-8-11-24-14-20(17)27-22(28-21)18-7-3-4-10-25-18/h3-7,9-10,13,15,19,24H,8,11-12,14H2,1-2H3,(H,26,27,28)/t19-/m0/s1. The molecule has 0 saturated heterocycles. The molecule has 1 atom stereocenters. The van der Waals surface area contributed by atoms with Crippen LogP contribution in [-0.4, -0.2) is 26.5 Å². The van der Waals surface area contributed by atoms with Crippen molar-refractivity contribution in [3.05, 3.63) is 65.7 Å². The van der Waals surface area contributed by atoms with E-state index in [2.05, 4.69) is 40.5 Å². The maximum atomic E-state index is 4.90. The fraction of sp³-hybridized carbons (Fsp3) is 0.364. The van der Waals surface area contributed by atoms with Crippen LogP contribution in [-0.2, 0) is 13.0 Å². The Bertz CT molecular complexity index is 911. The summed E-state index contributed by atoms with van der Waals surface area (Å²) in [5.74, 6) is 2.13. The van der Waals surface area contributed by atoms with Crippen LogP contribution in [0.2, 0.25) is 0 Å². The van der Waals surface area contributed by atoms with Gasteiger partial charge >= 0.3 is 0 Å². The van der Waals surface area contributed by atoms with Gasteiger partial charge in [0, 0.05) is 30.7 Å². The highest BCUT2D eigenvalue weighted by Crippen LogP contribution is 2.30. The number of fused-ring (bicyclic) bond motifs is 1. The van der Waals surface area contributed by atoms with Crippen LogP contribution in [0.3, 0.4) is 0 Å². The van der Waals surface area contributed by atoms with Gasteiger partial charge in [-0.1, -0.05) is 26.0 Å². The molecule has 4 heterocycles. The predicted octanol–water partition coefficient (Wildman–Crippen LogP) is 3.78. The molecule has 6 heteroatoms. The summed E-state index contributed by atoms with van der Waals surface area (Å²) < 4.78 is 0. The monoisotopic (exact) mass is 374 g/mol. The van der Waals surface area contributed by atoms with Crippen molar-refractivity contribution in [2.24, 2.45) is 5.92 Å². The van der Waals surface area contributed by atoms with Crippen LogP contribution < -0.4 is 10.6 Å². The van der Waals surface area contributed by atoms with E-state index in [1.807, 2.05) is 36.7 Å². The molecule has 0 saturated carbocycles. The zero-order valence-corrected chi connectivity index (χ0v) is 16.4. The quantitative estimate of drug-likeness (QED) is 0.684. The number of rotatable bonds is 6. The molecule has 2 N–H and O–H groups in total. The summed E-state index contributed by atoms with van der Waals surface area (Å²) in [5, 5.41) is 7.13.